The highest BCUT2D eigenvalue weighted by Gasteiger charge is 2.10. The van der Waals surface area contributed by atoms with Crippen LogP contribution in [0.15, 0.2) is 48.5 Å². The lowest BCUT2D eigenvalue weighted by molar-refractivity contribution is 1.04. The monoisotopic (exact) mass is 315 g/mol. The third kappa shape index (κ3) is 2.77. The normalized spacial score (nSPS) is 10.8. The molecular weight excluding hydrogens is 302 g/mol. The van der Waals surface area contributed by atoms with E-state index in [1.54, 1.807) is 0 Å². The summed E-state index contributed by atoms with van der Waals surface area (Å²) in [5.41, 5.74) is 3.26. The van der Waals surface area contributed by atoms with E-state index < -0.39 is 0 Å². The second kappa shape index (κ2) is 5.84. The van der Waals surface area contributed by atoms with E-state index >= 15 is 0 Å². The van der Waals surface area contributed by atoms with E-state index in [1.165, 1.54) is 5.56 Å². The molecule has 3 rings (SSSR count). The van der Waals surface area contributed by atoms with Crippen LogP contribution in [-0.4, -0.2) is 14.8 Å². The van der Waals surface area contributed by atoms with E-state index in [4.69, 9.17) is 23.8 Å². The van der Waals surface area contributed by atoms with E-state index in [-0.39, 0.29) is 0 Å². The molecular formula is C16H14ClN3S. The summed E-state index contributed by atoms with van der Waals surface area (Å²) >= 11 is 11.3. The number of nitrogens with zero attached hydrogens (tertiary/aromatic N) is 2. The van der Waals surface area contributed by atoms with E-state index in [0.29, 0.717) is 9.79 Å². The van der Waals surface area contributed by atoms with Crippen LogP contribution < -0.4 is 0 Å². The first kappa shape index (κ1) is 14.0. The van der Waals surface area contributed by atoms with Gasteiger partial charge in [0.1, 0.15) is 0 Å². The summed E-state index contributed by atoms with van der Waals surface area (Å²) in [4.78, 5) is 0. The minimum atomic E-state index is 0.562. The average Bonchev–Trinajstić information content (AvgIpc) is 2.90. The van der Waals surface area contributed by atoms with Gasteiger partial charge in [0.25, 0.3) is 0 Å². The first-order valence-corrected chi connectivity index (χ1v) is 7.50. The van der Waals surface area contributed by atoms with Crippen molar-refractivity contribution in [1.82, 2.24) is 14.8 Å². The summed E-state index contributed by atoms with van der Waals surface area (Å²) in [5, 5.41) is 7.91. The van der Waals surface area contributed by atoms with Crippen LogP contribution in [0.3, 0.4) is 0 Å². The van der Waals surface area contributed by atoms with Gasteiger partial charge in [-0.05, 0) is 48.5 Å². The van der Waals surface area contributed by atoms with Gasteiger partial charge >= 0.3 is 0 Å². The number of aromatic amines is 1. The number of benzene rings is 2. The zero-order valence-electron chi connectivity index (χ0n) is 11.5. The highest BCUT2D eigenvalue weighted by atomic mass is 35.5. The molecule has 2 aromatic carbocycles. The number of halogens is 1. The molecule has 1 heterocycles. The van der Waals surface area contributed by atoms with Crippen LogP contribution in [-0.2, 0) is 6.42 Å². The Balaban J connectivity index is 2.11. The molecule has 0 aliphatic carbocycles. The molecule has 3 aromatic rings. The summed E-state index contributed by atoms with van der Waals surface area (Å²) in [7, 11) is 0. The quantitative estimate of drug-likeness (QED) is 0.703. The summed E-state index contributed by atoms with van der Waals surface area (Å²) in [6.07, 6.45) is 1.02. The number of H-pyrrole nitrogens is 1. The molecule has 0 saturated heterocycles. The molecule has 0 fully saturated rings. The predicted octanol–water partition coefficient (Wildman–Crippen LogP) is 4.81. The number of rotatable bonds is 3. The van der Waals surface area contributed by atoms with Gasteiger partial charge in [-0.1, -0.05) is 42.8 Å². The van der Waals surface area contributed by atoms with Gasteiger partial charge < -0.3 is 0 Å². The lowest BCUT2D eigenvalue weighted by atomic mass is 10.1. The number of aryl methyl sites for hydroxylation is 1. The second-order valence-corrected chi connectivity index (χ2v) is 5.54. The van der Waals surface area contributed by atoms with Crippen molar-refractivity contribution in [3.05, 3.63) is 63.9 Å². The molecule has 5 heteroatoms. The van der Waals surface area contributed by atoms with Gasteiger partial charge in [0.15, 0.2) is 10.6 Å². The molecule has 21 heavy (non-hydrogen) atoms. The van der Waals surface area contributed by atoms with E-state index in [0.717, 1.165) is 23.5 Å². The highest BCUT2D eigenvalue weighted by molar-refractivity contribution is 7.71. The standard InChI is InChI=1S/C16H14ClN3S/c1-2-11-3-5-12(6-4-11)15-18-19-16(21)20(15)14-9-7-13(17)8-10-14/h3-10H,2H2,1H3,(H,19,21). The molecule has 0 spiro atoms. The van der Waals surface area contributed by atoms with E-state index in [2.05, 4.69) is 41.4 Å². The molecule has 0 saturated carbocycles. The van der Waals surface area contributed by atoms with Crippen molar-refractivity contribution in [3.8, 4) is 17.1 Å². The largest absolute Gasteiger partial charge is 0.268 e. The Kier molecular flexibility index (Phi) is 3.90. The van der Waals surface area contributed by atoms with Crippen LogP contribution >= 0.6 is 23.8 Å². The summed E-state index contributed by atoms with van der Waals surface area (Å²) in [5.74, 6) is 0.796. The third-order valence-electron chi connectivity index (χ3n) is 3.38. The molecule has 0 amide bonds. The van der Waals surface area contributed by atoms with Gasteiger partial charge in [0.2, 0.25) is 0 Å². The van der Waals surface area contributed by atoms with Crippen LogP contribution in [0, 0.1) is 4.77 Å². The Morgan fingerprint density at radius 2 is 1.76 bits per heavy atom. The zero-order valence-corrected chi connectivity index (χ0v) is 13.1. The summed E-state index contributed by atoms with van der Waals surface area (Å²) < 4.78 is 2.47. The maximum Gasteiger partial charge on any atom is 0.200 e. The number of hydrogen-bond donors (Lipinski definition) is 1. The molecule has 0 unspecified atom stereocenters. The second-order valence-electron chi connectivity index (χ2n) is 4.71. The minimum absolute atomic E-state index is 0.562. The van der Waals surface area contributed by atoms with Crippen LogP contribution in [0.4, 0.5) is 0 Å². The Morgan fingerprint density at radius 1 is 1.10 bits per heavy atom. The lowest BCUT2D eigenvalue weighted by Gasteiger charge is -2.07. The van der Waals surface area contributed by atoms with Gasteiger partial charge in [-0.2, -0.15) is 5.10 Å². The average molecular weight is 316 g/mol. The molecule has 106 valence electrons. The van der Waals surface area contributed by atoms with E-state index in [1.807, 2.05) is 28.8 Å². The Morgan fingerprint density at radius 3 is 2.38 bits per heavy atom. The van der Waals surface area contributed by atoms with Gasteiger partial charge in [0.05, 0.1) is 5.69 Å². The summed E-state index contributed by atoms with van der Waals surface area (Å²) in [6, 6.07) is 15.9. The van der Waals surface area contributed by atoms with Crippen molar-refractivity contribution in [3.63, 3.8) is 0 Å². The molecule has 1 aromatic heterocycles. The Labute approximate surface area is 133 Å². The van der Waals surface area contributed by atoms with Gasteiger partial charge in [-0.25, -0.2) is 0 Å². The van der Waals surface area contributed by atoms with Crippen LogP contribution in [0.1, 0.15) is 12.5 Å². The van der Waals surface area contributed by atoms with Crippen molar-refractivity contribution in [2.24, 2.45) is 0 Å². The number of nitrogens with one attached hydrogen (secondary N) is 1. The maximum absolute atomic E-state index is 5.94. The topological polar surface area (TPSA) is 33.6 Å². The maximum atomic E-state index is 5.94. The highest BCUT2D eigenvalue weighted by Crippen LogP contribution is 2.23. The third-order valence-corrected chi connectivity index (χ3v) is 3.90. The first-order chi connectivity index (χ1) is 10.2. The molecule has 0 aliphatic rings. The Hall–Kier alpha value is -1.91. The van der Waals surface area contributed by atoms with Crippen LogP contribution in [0.25, 0.3) is 17.1 Å². The van der Waals surface area contributed by atoms with Gasteiger partial charge in [0, 0.05) is 10.6 Å². The van der Waals surface area contributed by atoms with Crippen LogP contribution in [0.5, 0.6) is 0 Å². The fourth-order valence-electron chi connectivity index (χ4n) is 2.21. The molecule has 3 nitrogen and oxygen atoms in total. The fourth-order valence-corrected chi connectivity index (χ4v) is 2.57. The predicted molar refractivity (Wildman–Crippen MR) is 88.6 cm³/mol. The van der Waals surface area contributed by atoms with Gasteiger partial charge in [-0.3, -0.25) is 9.67 Å². The molecule has 1 N–H and O–H groups in total. The molecule has 0 aliphatic heterocycles. The smallest absolute Gasteiger partial charge is 0.200 e. The first-order valence-electron chi connectivity index (χ1n) is 6.71. The fraction of sp³-hybridized carbons (Fsp3) is 0.125. The summed E-state index contributed by atoms with van der Waals surface area (Å²) in [6.45, 7) is 2.14. The van der Waals surface area contributed by atoms with Crippen molar-refractivity contribution in [2.45, 2.75) is 13.3 Å². The number of aromatic nitrogens is 3. The minimum Gasteiger partial charge on any atom is -0.268 e. The van der Waals surface area contributed by atoms with Crippen molar-refractivity contribution >= 4 is 23.8 Å². The van der Waals surface area contributed by atoms with Gasteiger partial charge in [-0.15, -0.1) is 0 Å². The van der Waals surface area contributed by atoms with Crippen molar-refractivity contribution < 1.29 is 0 Å². The van der Waals surface area contributed by atoms with Crippen molar-refractivity contribution in [2.75, 3.05) is 0 Å². The lowest BCUT2D eigenvalue weighted by Crippen LogP contribution is -1.97. The van der Waals surface area contributed by atoms with E-state index in [9.17, 15) is 0 Å². The zero-order chi connectivity index (χ0) is 14.8. The molecule has 0 radical (unpaired) electrons. The Bertz CT molecular complexity index is 801. The van der Waals surface area contributed by atoms with Crippen molar-refractivity contribution in [1.29, 1.82) is 0 Å². The molecule has 0 atom stereocenters. The number of hydrogen-bond acceptors (Lipinski definition) is 2. The van der Waals surface area contributed by atoms with Crippen LogP contribution in [0.2, 0.25) is 5.02 Å². The SMILES string of the molecule is CCc1ccc(-c2n[nH]c(=S)n2-c2ccc(Cl)cc2)cc1. The molecule has 0 bridgehead atoms.